The van der Waals surface area contributed by atoms with E-state index in [1.807, 2.05) is 13.8 Å². The number of hydrogen-bond acceptors (Lipinski definition) is 2. The van der Waals surface area contributed by atoms with Gasteiger partial charge in [-0.15, -0.1) is 0 Å². The van der Waals surface area contributed by atoms with Crippen LogP contribution in [0.25, 0.3) is 0 Å². The number of nitrogens with zero attached hydrogens (tertiary/aromatic N) is 1. The maximum Gasteiger partial charge on any atom is 0.0632 e. The molecule has 17 heavy (non-hydrogen) atoms. The van der Waals surface area contributed by atoms with Crippen LogP contribution in [0.5, 0.6) is 0 Å². The van der Waals surface area contributed by atoms with Crippen molar-refractivity contribution in [2.24, 2.45) is 0 Å². The first-order valence-electron chi connectivity index (χ1n) is 6.52. The molecule has 1 aliphatic heterocycles. The predicted octanol–water partition coefficient (Wildman–Crippen LogP) is 2.77. The van der Waals surface area contributed by atoms with Gasteiger partial charge < -0.3 is 10.0 Å². The average molecular weight is 233 g/mol. The Morgan fingerprint density at radius 2 is 2.12 bits per heavy atom. The number of benzene rings is 1. The maximum atomic E-state index is 10.0. The number of para-hydroxylation sites is 1. The van der Waals surface area contributed by atoms with Crippen LogP contribution >= 0.6 is 0 Å². The van der Waals surface area contributed by atoms with Crippen LogP contribution in [0.4, 0.5) is 5.69 Å². The average Bonchev–Trinajstić information content (AvgIpc) is 2.52. The van der Waals surface area contributed by atoms with E-state index in [9.17, 15) is 5.11 Å². The monoisotopic (exact) mass is 233 g/mol. The van der Waals surface area contributed by atoms with Gasteiger partial charge in [-0.05, 0) is 45.2 Å². The molecule has 0 saturated heterocycles. The van der Waals surface area contributed by atoms with Gasteiger partial charge in [0.1, 0.15) is 0 Å². The summed E-state index contributed by atoms with van der Waals surface area (Å²) in [6, 6.07) is 7.07. The van der Waals surface area contributed by atoms with Crippen molar-refractivity contribution in [3.05, 3.63) is 29.3 Å². The molecule has 1 atom stereocenters. The second kappa shape index (κ2) is 4.34. The summed E-state index contributed by atoms with van der Waals surface area (Å²) in [5.41, 5.74) is 3.44. The quantitative estimate of drug-likeness (QED) is 0.867. The first-order chi connectivity index (χ1) is 7.92. The molecule has 0 aromatic heterocycles. The second-order valence-electron chi connectivity index (χ2n) is 5.75. The van der Waals surface area contributed by atoms with E-state index >= 15 is 0 Å². The SMILES string of the molecule is CCN1c2c(cccc2CC(C)(C)O)CC1C. The molecule has 0 radical (unpaired) electrons. The highest BCUT2D eigenvalue weighted by Gasteiger charge is 2.28. The maximum absolute atomic E-state index is 10.0. The molecule has 1 heterocycles. The van der Waals surface area contributed by atoms with Crippen molar-refractivity contribution in [1.82, 2.24) is 0 Å². The summed E-state index contributed by atoms with van der Waals surface area (Å²) in [5, 5.41) is 10.0. The van der Waals surface area contributed by atoms with Crippen molar-refractivity contribution in [2.45, 2.75) is 52.2 Å². The Balaban J connectivity index is 2.40. The molecule has 1 aromatic carbocycles. The summed E-state index contributed by atoms with van der Waals surface area (Å²) >= 11 is 0. The summed E-state index contributed by atoms with van der Waals surface area (Å²) in [6.07, 6.45) is 1.85. The Morgan fingerprint density at radius 3 is 2.71 bits per heavy atom. The Morgan fingerprint density at radius 1 is 1.41 bits per heavy atom. The Labute approximate surface area is 104 Å². The van der Waals surface area contributed by atoms with Crippen LogP contribution in [0, 0.1) is 0 Å². The van der Waals surface area contributed by atoms with E-state index in [4.69, 9.17) is 0 Å². The molecule has 2 rings (SSSR count). The van der Waals surface area contributed by atoms with Crippen molar-refractivity contribution < 1.29 is 5.11 Å². The lowest BCUT2D eigenvalue weighted by molar-refractivity contribution is 0.0811. The van der Waals surface area contributed by atoms with Gasteiger partial charge in [-0.25, -0.2) is 0 Å². The lowest BCUT2D eigenvalue weighted by Gasteiger charge is -2.27. The fraction of sp³-hybridized carbons (Fsp3) is 0.600. The zero-order valence-corrected chi connectivity index (χ0v) is 11.3. The summed E-state index contributed by atoms with van der Waals surface area (Å²) in [6.45, 7) is 9.27. The highest BCUT2D eigenvalue weighted by molar-refractivity contribution is 5.64. The second-order valence-corrected chi connectivity index (χ2v) is 5.75. The van der Waals surface area contributed by atoms with E-state index in [1.165, 1.54) is 16.8 Å². The third kappa shape index (κ3) is 2.47. The molecule has 0 saturated carbocycles. The minimum Gasteiger partial charge on any atom is -0.390 e. The van der Waals surface area contributed by atoms with Crippen LogP contribution in [0.2, 0.25) is 0 Å². The van der Waals surface area contributed by atoms with Gasteiger partial charge in [-0.1, -0.05) is 18.2 Å². The van der Waals surface area contributed by atoms with Crippen LogP contribution in [-0.4, -0.2) is 23.3 Å². The molecule has 1 unspecified atom stereocenters. The lowest BCUT2D eigenvalue weighted by atomic mass is 9.95. The number of likely N-dealkylation sites (N-methyl/N-ethyl adjacent to an activating group) is 1. The normalized spacial score (nSPS) is 19.6. The van der Waals surface area contributed by atoms with Crippen molar-refractivity contribution >= 4 is 5.69 Å². The van der Waals surface area contributed by atoms with E-state index in [0.717, 1.165) is 19.4 Å². The Kier molecular flexibility index (Phi) is 3.17. The van der Waals surface area contributed by atoms with Crippen LogP contribution in [-0.2, 0) is 12.8 Å². The molecule has 0 amide bonds. The highest BCUT2D eigenvalue weighted by atomic mass is 16.3. The number of fused-ring (bicyclic) bond motifs is 1. The molecule has 1 aromatic rings. The first kappa shape index (κ1) is 12.4. The van der Waals surface area contributed by atoms with E-state index < -0.39 is 5.60 Å². The molecular weight excluding hydrogens is 210 g/mol. The summed E-state index contributed by atoms with van der Waals surface area (Å²) in [7, 11) is 0. The number of anilines is 1. The highest BCUT2D eigenvalue weighted by Crippen LogP contribution is 2.36. The van der Waals surface area contributed by atoms with Gasteiger partial charge in [-0.3, -0.25) is 0 Å². The van der Waals surface area contributed by atoms with E-state index in [-0.39, 0.29) is 0 Å². The molecule has 0 aliphatic carbocycles. The molecule has 0 fully saturated rings. The fourth-order valence-electron chi connectivity index (χ4n) is 2.91. The Hall–Kier alpha value is -1.02. The van der Waals surface area contributed by atoms with Gasteiger partial charge in [0.05, 0.1) is 5.60 Å². The number of aliphatic hydroxyl groups is 1. The zero-order valence-electron chi connectivity index (χ0n) is 11.3. The van der Waals surface area contributed by atoms with Crippen molar-refractivity contribution in [2.75, 3.05) is 11.4 Å². The smallest absolute Gasteiger partial charge is 0.0632 e. The fourth-order valence-corrected chi connectivity index (χ4v) is 2.91. The van der Waals surface area contributed by atoms with Crippen LogP contribution in [0.15, 0.2) is 18.2 Å². The molecule has 0 spiro atoms. The molecule has 0 bridgehead atoms. The molecular formula is C15H23NO. The minimum atomic E-state index is -0.639. The molecule has 94 valence electrons. The van der Waals surface area contributed by atoms with Gasteiger partial charge in [0.15, 0.2) is 0 Å². The third-order valence-corrected chi connectivity index (χ3v) is 3.50. The molecule has 2 nitrogen and oxygen atoms in total. The van der Waals surface area contributed by atoms with Gasteiger partial charge in [-0.2, -0.15) is 0 Å². The standard InChI is InChI=1S/C15H23NO/c1-5-16-11(2)9-12-7-6-8-13(14(12)16)10-15(3,4)17/h6-8,11,17H,5,9-10H2,1-4H3. The topological polar surface area (TPSA) is 23.5 Å². The number of hydrogen-bond donors (Lipinski definition) is 1. The van der Waals surface area contributed by atoms with Gasteiger partial charge >= 0.3 is 0 Å². The minimum absolute atomic E-state index is 0.581. The summed E-state index contributed by atoms with van der Waals surface area (Å²) < 4.78 is 0. The van der Waals surface area contributed by atoms with E-state index in [0.29, 0.717) is 6.04 Å². The van der Waals surface area contributed by atoms with Crippen LogP contribution in [0.1, 0.15) is 38.8 Å². The molecule has 1 aliphatic rings. The van der Waals surface area contributed by atoms with Crippen LogP contribution in [0.3, 0.4) is 0 Å². The largest absolute Gasteiger partial charge is 0.390 e. The first-order valence-corrected chi connectivity index (χ1v) is 6.52. The summed E-state index contributed by atoms with van der Waals surface area (Å²) in [4.78, 5) is 2.45. The van der Waals surface area contributed by atoms with Crippen molar-refractivity contribution in [3.63, 3.8) is 0 Å². The third-order valence-electron chi connectivity index (χ3n) is 3.50. The van der Waals surface area contributed by atoms with Gasteiger partial charge in [0, 0.05) is 24.7 Å². The van der Waals surface area contributed by atoms with Gasteiger partial charge in [0.2, 0.25) is 0 Å². The molecule has 1 N–H and O–H groups in total. The predicted molar refractivity (Wildman–Crippen MR) is 72.6 cm³/mol. The zero-order chi connectivity index (χ0) is 12.6. The van der Waals surface area contributed by atoms with E-state index in [1.54, 1.807) is 0 Å². The van der Waals surface area contributed by atoms with Crippen molar-refractivity contribution in [3.8, 4) is 0 Å². The van der Waals surface area contributed by atoms with Crippen LogP contribution < -0.4 is 4.90 Å². The molecule has 2 heteroatoms. The number of rotatable bonds is 3. The van der Waals surface area contributed by atoms with E-state index in [2.05, 4.69) is 36.9 Å². The Bertz CT molecular complexity index is 406. The van der Waals surface area contributed by atoms with Crippen molar-refractivity contribution in [1.29, 1.82) is 0 Å². The van der Waals surface area contributed by atoms with Gasteiger partial charge in [0.25, 0.3) is 0 Å². The lowest BCUT2D eigenvalue weighted by Crippen LogP contribution is -2.30. The summed E-state index contributed by atoms with van der Waals surface area (Å²) in [5.74, 6) is 0.